The van der Waals surface area contributed by atoms with E-state index in [1.807, 2.05) is 6.92 Å². The lowest BCUT2D eigenvalue weighted by atomic mass is 10.3. The van der Waals surface area contributed by atoms with E-state index >= 15 is 0 Å². The summed E-state index contributed by atoms with van der Waals surface area (Å²) in [6.45, 7) is 1.29. The van der Waals surface area contributed by atoms with E-state index in [1.54, 1.807) is 0 Å². The molecule has 0 spiro atoms. The van der Waals surface area contributed by atoms with Crippen molar-refractivity contribution in [1.82, 2.24) is 9.97 Å². The topological polar surface area (TPSA) is 61.0 Å². The minimum atomic E-state index is -2.52. The molecule has 2 N–H and O–H groups in total. The van der Waals surface area contributed by atoms with Gasteiger partial charge in [0.15, 0.2) is 6.61 Å². The summed E-state index contributed by atoms with van der Waals surface area (Å²) in [5, 5.41) is 0. The SMILES string of the molecule is CCCc1nc(N)cc(OCC(F)F)n1. The van der Waals surface area contributed by atoms with E-state index in [1.165, 1.54) is 6.07 Å². The van der Waals surface area contributed by atoms with Crippen molar-refractivity contribution < 1.29 is 13.5 Å². The molecule has 0 atom stereocenters. The molecule has 1 heterocycles. The molecule has 0 bridgehead atoms. The Morgan fingerprint density at radius 2 is 2.20 bits per heavy atom. The van der Waals surface area contributed by atoms with Crippen LogP contribution >= 0.6 is 0 Å². The molecular weight excluding hydrogens is 204 g/mol. The van der Waals surface area contributed by atoms with E-state index in [0.717, 1.165) is 6.42 Å². The maximum atomic E-state index is 11.9. The predicted octanol–water partition coefficient (Wildman–Crippen LogP) is 1.66. The molecule has 0 aliphatic carbocycles. The van der Waals surface area contributed by atoms with Crippen LogP contribution in [0.25, 0.3) is 0 Å². The molecule has 0 fully saturated rings. The van der Waals surface area contributed by atoms with E-state index < -0.39 is 13.0 Å². The third kappa shape index (κ3) is 4.05. The Balaban J connectivity index is 2.70. The zero-order chi connectivity index (χ0) is 11.3. The molecule has 84 valence electrons. The van der Waals surface area contributed by atoms with Crippen molar-refractivity contribution in [2.24, 2.45) is 0 Å². The smallest absolute Gasteiger partial charge is 0.272 e. The van der Waals surface area contributed by atoms with Crippen molar-refractivity contribution in [3.05, 3.63) is 11.9 Å². The summed E-state index contributed by atoms with van der Waals surface area (Å²) >= 11 is 0. The second kappa shape index (κ2) is 5.43. The fourth-order valence-corrected chi connectivity index (χ4v) is 1.05. The summed E-state index contributed by atoms with van der Waals surface area (Å²) in [6.07, 6.45) is -1.01. The number of aromatic nitrogens is 2. The fraction of sp³-hybridized carbons (Fsp3) is 0.556. The predicted molar refractivity (Wildman–Crippen MR) is 51.9 cm³/mol. The van der Waals surface area contributed by atoms with Crippen LogP contribution in [-0.2, 0) is 6.42 Å². The number of ether oxygens (including phenoxy) is 1. The third-order valence-corrected chi connectivity index (χ3v) is 1.60. The van der Waals surface area contributed by atoms with E-state index in [2.05, 4.69) is 9.97 Å². The molecule has 1 aromatic rings. The molecular formula is C9H13F2N3O. The van der Waals surface area contributed by atoms with Gasteiger partial charge in [0.25, 0.3) is 6.43 Å². The Morgan fingerprint density at radius 1 is 1.47 bits per heavy atom. The van der Waals surface area contributed by atoms with Gasteiger partial charge in [0, 0.05) is 12.5 Å². The van der Waals surface area contributed by atoms with Gasteiger partial charge in [0.1, 0.15) is 11.6 Å². The minimum Gasteiger partial charge on any atom is -0.471 e. The van der Waals surface area contributed by atoms with Crippen molar-refractivity contribution in [3.63, 3.8) is 0 Å². The van der Waals surface area contributed by atoms with Crippen molar-refractivity contribution in [3.8, 4) is 5.88 Å². The Kier molecular flexibility index (Phi) is 4.20. The summed E-state index contributed by atoms with van der Waals surface area (Å²) in [6, 6.07) is 1.33. The van der Waals surface area contributed by atoms with Crippen molar-refractivity contribution in [2.45, 2.75) is 26.2 Å². The highest BCUT2D eigenvalue weighted by atomic mass is 19.3. The van der Waals surface area contributed by atoms with Crippen LogP contribution in [0.1, 0.15) is 19.2 Å². The first-order chi connectivity index (χ1) is 7.11. The minimum absolute atomic E-state index is 0.103. The maximum absolute atomic E-state index is 11.9. The number of alkyl halides is 2. The van der Waals surface area contributed by atoms with Crippen molar-refractivity contribution >= 4 is 5.82 Å². The van der Waals surface area contributed by atoms with E-state index in [9.17, 15) is 8.78 Å². The molecule has 0 saturated heterocycles. The molecule has 1 aromatic heterocycles. The number of anilines is 1. The summed E-state index contributed by atoms with van der Waals surface area (Å²) < 4.78 is 28.5. The van der Waals surface area contributed by atoms with Crippen molar-refractivity contribution in [1.29, 1.82) is 0 Å². The lowest BCUT2D eigenvalue weighted by Crippen LogP contribution is -2.10. The number of nitrogens with zero attached hydrogens (tertiary/aromatic N) is 2. The third-order valence-electron chi connectivity index (χ3n) is 1.60. The average Bonchev–Trinajstić information content (AvgIpc) is 2.14. The molecule has 0 amide bonds. The lowest BCUT2D eigenvalue weighted by molar-refractivity contribution is 0.0794. The number of nitrogen functional groups attached to an aromatic ring is 1. The van der Waals surface area contributed by atoms with Gasteiger partial charge in [-0.25, -0.2) is 13.8 Å². The van der Waals surface area contributed by atoms with E-state index in [4.69, 9.17) is 10.5 Å². The second-order valence-electron chi connectivity index (χ2n) is 3.00. The number of aryl methyl sites for hydroxylation is 1. The molecule has 6 heteroatoms. The zero-order valence-corrected chi connectivity index (χ0v) is 8.41. The first kappa shape index (κ1) is 11.6. The van der Waals surface area contributed by atoms with Gasteiger partial charge in [-0.2, -0.15) is 4.98 Å². The summed E-state index contributed by atoms with van der Waals surface area (Å²) in [5.74, 6) is 0.853. The van der Waals surface area contributed by atoms with Gasteiger partial charge < -0.3 is 10.5 Å². The summed E-state index contributed by atoms with van der Waals surface area (Å²) in [7, 11) is 0. The molecule has 0 saturated carbocycles. The van der Waals surface area contributed by atoms with Crippen LogP contribution < -0.4 is 10.5 Å². The highest BCUT2D eigenvalue weighted by molar-refractivity contribution is 5.32. The first-order valence-corrected chi connectivity index (χ1v) is 4.66. The standard InChI is InChI=1S/C9H13F2N3O/c1-2-3-8-13-7(12)4-9(14-8)15-5-6(10)11/h4,6H,2-3,5H2,1H3,(H2,12,13,14). The van der Waals surface area contributed by atoms with Gasteiger partial charge >= 0.3 is 0 Å². The Hall–Kier alpha value is -1.46. The maximum Gasteiger partial charge on any atom is 0.272 e. The Bertz CT molecular complexity index is 320. The number of hydrogen-bond acceptors (Lipinski definition) is 4. The van der Waals surface area contributed by atoms with Gasteiger partial charge in [-0.1, -0.05) is 6.92 Å². The Labute approximate surface area is 86.5 Å². The van der Waals surface area contributed by atoms with E-state index in [-0.39, 0.29) is 11.7 Å². The van der Waals surface area contributed by atoms with E-state index in [0.29, 0.717) is 12.2 Å². The first-order valence-electron chi connectivity index (χ1n) is 4.66. The quantitative estimate of drug-likeness (QED) is 0.814. The number of halogens is 2. The van der Waals surface area contributed by atoms with Gasteiger partial charge in [-0.15, -0.1) is 0 Å². The molecule has 0 unspecified atom stereocenters. The molecule has 15 heavy (non-hydrogen) atoms. The van der Waals surface area contributed by atoms with Crippen LogP contribution in [-0.4, -0.2) is 23.0 Å². The highest BCUT2D eigenvalue weighted by Gasteiger charge is 2.07. The lowest BCUT2D eigenvalue weighted by Gasteiger charge is -2.06. The van der Waals surface area contributed by atoms with Crippen LogP contribution in [0.2, 0.25) is 0 Å². The molecule has 0 aliphatic heterocycles. The van der Waals surface area contributed by atoms with Crippen LogP contribution in [0, 0.1) is 0 Å². The monoisotopic (exact) mass is 217 g/mol. The number of nitrogens with two attached hydrogens (primary N) is 1. The average molecular weight is 217 g/mol. The molecule has 4 nitrogen and oxygen atoms in total. The van der Waals surface area contributed by atoms with Gasteiger partial charge in [0.05, 0.1) is 0 Å². The van der Waals surface area contributed by atoms with Gasteiger partial charge in [0.2, 0.25) is 5.88 Å². The van der Waals surface area contributed by atoms with Crippen LogP contribution in [0.15, 0.2) is 6.07 Å². The van der Waals surface area contributed by atoms with Gasteiger partial charge in [-0.05, 0) is 6.42 Å². The van der Waals surface area contributed by atoms with Crippen LogP contribution in [0.3, 0.4) is 0 Å². The van der Waals surface area contributed by atoms with Gasteiger partial charge in [-0.3, -0.25) is 0 Å². The summed E-state index contributed by atoms with van der Waals surface area (Å²) in [4.78, 5) is 7.90. The largest absolute Gasteiger partial charge is 0.471 e. The van der Waals surface area contributed by atoms with Crippen LogP contribution in [0.4, 0.5) is 14.6 Å². The molecule has 1 rings (SSSR count). The number of hydrogen-bond donors (Lipinski definition) is 1. The molecule has 0 aliphatic rings. The summed E-state index contributed by atoms with van der Waals surface area (Å²) in [5.41, 5.74) is 5.48. The van der Waals surface area contributed by atoms with Crippen LogP contribution in [0.5, 0.6) is 5.88 Å². The van der Waals surface area contributed by atoms with Crippen molar-refractivity contribution in [2.75, 3.05) is 12.3 Å². The fourth-order valence-electron chi connectivity index (χ4n) is 1.05. The normalized spacial score (nSPS) is 10.7. The number of rotatable bonds is 5. The zero-order valence-electron chi connectivity index (χ0n) is 8.41. The molecule has 0 aromatic carbocycles. The highest BCUT2D eigenvalue weighted by Crippen LogP contribution is 2.12. The Morgan fingerprint density at radius 3 is 2.80 bits per heavy atom. The second-order valence-corrected chi connectivity index (χ2v) is 3.00. The molecule has 0 radical (unpaired) electrons.